The largest absolute Gasteiger partial charge is 0.366 e. The van der Waals surface area contributed by atoms with E-state index in [0.717, 1.165) is 36.3 Å². The minimum absolute atomic E-state index is 0.0915. The summed E-state index contributed by atoms with van der Waals surface area (Å²) in [6.07, 6.45) is 1.61. The average molecular weight is 330 g/mol. The second-order valence-electron chi connectivity index (χ2n) is 6.92. The standard InChI is InChI=1S/C17H26N6O/c1-11(2)13-8-15(20-16(19-13)12(3)4)23-6-7-24-14(9-23)17-21-18-10-22(17)5/h8,10-12,14H,6-7,9H2,1-5H3/t14-/m0/s1. The van der Waals surface area contributed by atoms with Crippen molar-refractivity contribution < 1.29 is 4.74 Å². The summed E-state index contributed by atoms with van der Waals surface area (Å²) in [5, 5.41) is 8.15. The number of morpholine rings is 1. The minimum atomic E-state index is -0.0915. The Morgan fingerprint density at radius 1 is 1.17 bits per heavy atom. The molecule has 0 bridgehead atoms. The van der Waals surface area contributed by atoms with Gasteiger partial charge in [-0.15, -0.1) is 10.2 Å². The van der Waals surface area contributed by atoms with Gasteiger partial charge in [0.05, 0.1) is 13.2 Å². The van der Waals surface area contributed by atoms with Gasteiger partial charge in [-0.05, 0) is 5.92 Å². The highest BCUT2D eigenvalue weighted by atomic mass is 16.5. The predicted octanol–water partition coefficient (Wildman–Crippen LogP) is 2.43. The quantitative estimate of drug-likeness (QED) is 0.857. The molecule has 3 rings (SSSR count). The molecule has 2 aromatic heterocycles. The van der Waals surface area contributed by atoms with Gasteiger partial charge in [-0.2, -0.15) is 0 Å². The lowest BCUT2D eigenvalue weighted by Gasteiger charge is -2.33. The molecule has 7 heteroatoms. The molecule has 1 fully saturated rings. The molecule has 0 spiro atoms. The third kappa shape index (κ3) is 3.40. The van der Waals surface area contributed by atoms with E-state index in [-0.39, 0.29) is 6.10 Å². The molecule has 0 aliphatic carbocycles. The van der Waals surface area contributed by atoms with Gasteiger partial charge in [-0.1, -0.05) is 27.7 Å². The molecule has 7 nitrogen and oxygen atoms in total. The normalized spacial score (nSPS) is 18.6. The number of aromatic nitrogens is 5. The Hall–Kier alpha value is -2.02. The van der Waals surface area contributed by atoms with Crippen LogP contribution < -0.4 is 4.90 Å². The fraction of sp³-hybridized carbons (Fsp3) is 0.647. The highest BCUT2D eigenvalue weighted by molar-refractivity contribution is 5.42. The van der Waals surface area contributed by atoms with Crippen LogP contribution in [-0.2, 0) is 11.8 Å². The van der Waals surface area contributed by atoms with Crippen LogP contribution in [0, 0.1) is 0 Å². The average Bonchev–Trinajstić information content (AvgIpc) is 3.00. The maximum absolute atomic E-state index is 5.90. The lowest BCUT2D eigenvalue weighted by atomic mass is 10.1. The number of aryl methyl sites for hydroxylation is 1. The van der Waals surface area contributed by atoms with Crippen LogP contribution in [0.1, 0.15) is 63.0 Å². The summed E-state index contributed by atoms with van der Waals surface area (Å²) in [5.74, 6) is 3.41. The first kappa shape index (κ1) is 16.8. The maximum atomic E-state index is 5.90. The van der Waals surface area contributed by atoms with E-state index in [0.29, 0.717) is 18.4 Å². The van der Waals surface area contributed by atoms with Crippen molar-refractivity contribution in [2.75, 3.05) is 24.6 Å². The van der Waals surface area contributed by atoms with Crippen molar-refractivity contribution >= 4 is 5.82 Å². The maximum Gasteiger partial charge on any atom is 0.163 e. The topological polar surface area (TPSA) is 69.0 Å². The first-order valence-corrected chi connectivity index (χ1v) is 8.55. The molecule has 0 saturated carbocycles. The van der Waals surface area contributed by atoms with Crippen LogP contribution in [0.25, 0.3) is 0 Å². The zero-order valence-electron chi connectivity index (χ0n) is 15.1. The molecule has 0 aromatic carbocycles. The number of hydrogen-bond donors (Lipinski definition) is 0. The summed E-state index contributed by atoms with van der Waals surface area (Å²) in [6.45, 7) is 10.8. The number of nitrogens with zero attached hydrogens (tertiary/aromatic N) is 6. The smallest absolute Gasteiger partial charge is 0.163 e. The molecule has 1 aliphatic rings. The van der Waals surface area contributed by atoms with Crippen LogP contribution in [0.5, 0.6) is 0 Å². The highest BCUT2D eigenvalue weighted by Crippen LogP contribution is 2.26. The molecule has 2 aromatic rings. The molecule has 1 aliphatic heterocycles. The molecule has 0 radical (unpaired) electrons. The van der Waals surface area contributed by atoms with Gasteiger partial charge >= 0.3 is 0 Å². The SMILES string of the molecule is CC(C)c1cc(N2CCO[C@H](c3nncn3C)C2)nc(C(C)C)n1. The third-order valence-corrected chi connectivity index (χ3v) is 4.28. The fourth-order valence-electron chi connectivity index (χ4n) is 2.78. The molecule has 0 N–H and O–H groups in total. The van der Waals surface area contributed by atoms with Gasteiger partial charge in [0.2, 0.25) is 0 Å². The van der Waals surface area contributed by atoms with Crippen molar-refractivity contribution in [1.29, 1.82) is 0 Å². The van der Waals surface area contributed by atoms with Crippen LogP contribution in [-0.4, -0.2) is 44.4 Å². The molecular formula is C17H26N6O. The molecule has 0 unspecified atom stereocenters. The van der Waals surface area contributed by atoms with E-state index in [1.807, 2.05) is 11.6 Å². The number of hydrogen-bond acceptors (Lipinski definition) is 6. The second-order valence-corrected chi connectivity index (χ2v) is 6.92. The van der Waals surface area contributed by atoms with E-state index in [2.05, 4.69) is 48.9 Å². The van der Waals surface area contributed by atoms with Gasteiger partial charge in [0, 0.05) is 31.3 Å². The number of ether oxygens (including phenoxy) is 1. The summed E-state index contributed by atoms with van der Waals surface area (Å²) >= 11 is 0. The predicted molar refractivity (Wildman–Crippen MR) is 92.1 cm³/mol. The summed E-state index contributed by atoms with van der Waals surface area (Å²) < 4.78 is 7.81. The Morgan fingerprint density at radius 2 is 1.96 bits per heavy atom. The lowest BCUT2D eigenvalue weighted by molar-refractivity contribution is 0.0318. The Kier molecular flexibility index (Phi) is 4.80. The number of anilines is 1. The summed E-state index contributed by atoms with van der Waals surface area (Å²) in [4.78, 5) is 11.8. The Bertz CT molecular complexity index is 670. The first-order chi connectivity index (χ1) is 11.5. The molecular weight excluding hydrogens is 304 g/mol. The summed E-state index contributed by atoms with van der Waals surface area (Å²) in [6, 6.07) is 2.11. The van der Waals surface area contributed by atoms with E-state index in [1.165, 1.54) is 0 Å². The Morgan fingerprint density at radius 3 is 2.58 bits per heavy atom. The van der Waals surface area contributed by atoms with Gasteiger partial charge < -0.3 is 14.2 Å². The van der Waals surface area contributed by atoms with Gasteiger partial charge in [0.15, 0.2) is 5.82 Å². The molecule has 3 heterocycles. The van der Waals surface area contributed by atoms with E-state index in [1.54, 1.807) is 6.33 Å². The van der Waals surface area contributed by atoms with Crippen LogP contribution in [0.3, 0.4) is 0 Å². The van der Waals surface area contributed by atoms with Crippen LogP contribution >= 0.6 is 0 Å². The monoisotopic (exact) mass is 330 g/mol. The molecule has 24 heavy (non-hydrogen) atoms. The van der Waals surface area contributed by atoms with Gasteiger partial charge in [-0.3, -0.25) is 0 Å². The van der Waals surface area contributed by atoms with Crippen molar-refractivity contribution in [1.82, 2.24) is 24.7 Å². The van der Waals surface area contributed by atoms with Gasteiger partial charge in [0.25, 0.3) is 0 Å². The zero-order valence-corrected chi connectivity index (χ0v) is 15.1. The Balaban J connectivity index is 1.89. The summed E-state index contributed by atoms with van der Waals surface area (Å²) in [7, 11) is 1.94. The molecule has 0 amide bonds. The van der Waals surface area contributed by atoms with E-state index in [4.69, 9.17) is 14.7 Å². The van der Waals surface area contributed by atoms with Crippen molar-refractivity contribution in [2.24, 2.45) is 7.05 Å². The fourth-order valence-corrected chi connectivity index (χ4v) is 2.78. The lowest BCUT2D eigenvalue weighted by Crippen LogP contribution is -2.40. The Labute approximate surface area is 143 Å². The van der Waals surface area contributed by atoms with Gasteiger partial charge in [0.1, 0.15) is 24.1 Å². The van der Waals surface area contributed by atoms with Crippen LogP contribution in [0.2, 0.25) is 0 Å². The summed E-state index contributed by atoms with van der Waals surface area (Å²) in [5.41, 5.74) is 1.09. The highest BCUT2D eigenvalue weighted by Gasteiger charge is 2.27. The van der Waals surface area contributed by atoms with E-state index < -0.39 is 0 Å². The second kappa shape index (κ2) is 6.84. The minimum Gasteiger partial charge on any atom is -0.366 e. The van der Waals surface area contributed by atoms with Crippen molar-refractivity contribution in [3.05, 3.63) is 29.7 Å². The van der Waals surface area contributed by atoms with Gasteiger partial charge in [-0.25, -0.2) is 9.97 Å². The molecule has 1 saturated heterocycles. The van der Waals surface area contributed by atoms with E-state index in [9.17, 15) is 0 Å². The van der Waals surface area contributed by atoms with Crippen molar-refractivity contribution in [3.8, 4) is 0 Å². The molecule has 130 valence electrons. The number of rotatable bonds is 4. The zero-order chi connectivity index (χ0) is 17.3. The van der Waals surface area contributed by atoms with Crippen molar-refractivity contribution in [2.45, 2.75) is 45.6 Å². The third-order valence-electron chi connectivity index (χ3n) is 4.28. The first-order valence-electron chi connectivity index (χ1n) is 8.55. The van der Waals surface area contributed by atoms with E-state index >= 15 is 0 Å². The van der Waals surface area contributed by atoms with Crippen molar-refractivity contribution in [3.63, 3.8) is 0 Å². The van der Waals surface area contributed by atoms with Crippen LogP contribution in [0.4, 0.5) is 5.82 Å². The molecule has 1 atom stereocenters. The van der Waals surface area contributed by atoms with Crippen LogP contribution in [0.15, 0.2) is 12.4 Å².